The molecule has 0 aliphatic heterocycles. The Hall–Kier alpha value is -1.89. The summed E-state index contributed by atoms with van der Waals surface area (Å²) < 4.78 is 40.1. The zero-order valence-corrected chi connectivity index (χ0v) is 12.2. The standard InChI is InChI=1S/C14H13F3N2OS/c1-9-11(21-8-18-9)13(20)19(2)12(14(15,16)17)10-6-4-3-5-7-10/h3-8,12H,1-2H3/t12-/m0/s1. The Morgan fingerprint density at radius 2 is 1.90 bits per heavy atom. The third-order valence-electron chi connectivity index (χ3n) is 3.07. The van der Waals surface area contributed by atoms with Crippen LogP contribution in [0.15, 0.2) is 35.8 Å². The molecule has 3 nitrogen and oxygen atoms in total. The van der Waals surface area contributed by atoms with E-state index in [0.717, 1.165) is 23.3 Å². The van der Waals surface area contributed by atoms with Crippen LogP contribution in [0.3, 0.4) is 0 Å². The molecule has 0 fully saturated rings. The summed E-state index contributed by atoms with van der Waals surface area (Å²) in [5.41, 5.74) is 1.91. The fourth-order valence-corrected chi connectivity index (χ4v) is 2.84. The molecule has 0 saturated heterocycles. The van der Waals surface area contributed by atoms with Gasteiger partial charge in [0.15, 0.2) is 6.04 Å². The Labute approximate surface area is 124 Å². The monoisotopic (exact) mass is 314 g/mol. The van der Waals surface area contributed by atoms with Crippen molar-refractivity contribution >= 4 is 17.2 Å². The van der Waals surface area contributed by atoms with Crippen LogP contribution in [0, 0.1) is 6.92 Å². The summed E-state index contributed by atoms with van der Waals surface area (Å²) in [6.45, 7) is 1.60. The van der Waals surface area contributed by atoms with Gasteiger partial charge < -0.3 is 4.90 Å². The van der Waals surface area contributed by atoms with E-state index in [0.29, 0.717) is 5.69 Å². The number of aromatic nitrogens is 1. The number of carbonyl (C=O) groups is 1. The summed E-state index contributed by atoms with van der Waals surface area (Å²) in [7, 11) is 1.16. The van der Waals surface area contributed by atoms with Crippen LogP contribution in [0.5, 0.6) is 0 Å². The predicted octanol–water partition coefficient (Wildman–Crippen LogP) is 3.83. The fraction of sp³-hybridized carbons (Fsp3) is 0.286. The molecule has 0 radical (unpaired) electrons. The average Bonchev–Trinajstić information content (AvgIpc) is 2.84. The molecule has 1 atom stereocenters. The number of hydrogen-bond acceptors (Lipinski definition) is 3. The molecule has 1 amide bonds. The van der Waals surface area contributed by atoms with E-state index in [4.69, 9.17) is 0 Å². The Morgan fingerprint density at radius 3 is 2.38 bits per heavy atom. The van der Waals surface area contributed by atoms with Crippen LogP contribution in [0.2, 0.25) is 0 Å². The normalized spacial score (nSPS) is 13.0. The van der Waals surface area contributed by atoms with Crippen molar-refractivity contribution in [2.75, 3.05) is 7.05 Å². The topological polar surface area (TPSA) is 33.2 Å². The second kappa shape index (κ2) is 5.85. The van der Waals surface area contributed by atoms with Crippen molar-refractivity contribution in [3.8, 4) is 0 Å². The predicted molar refractivity (Wildman–Crippen MR) is 74.2 cm³/mol. The first-order valence-corrected chi connectivity index (χ1v) is 6.99. The fourth-order valence-electron chi connectivity index (χ4n) is 2.05. The van der Waals surface area contributed by atoms with Crippen LogP contribution in [0.25, 0.3) is 0 Å². The molecule has 0 aliphatic carbocycles. The van der Waals surface area contributed by atoms with Gasteiger partial charge in [-0.15, -0.1) is 11.3 Å². The number of rotatable bonds is 3. The third kappa shape index (κ3) is 3.24. The lowest BCUT2D eigenvalue weighted by molar-refractivity contribution is -0.176. The minimum atomic E-state index is -4.55. The van der Waals surface area contributed by atoms with Crippen molar-refractivity contribution in [3.63, 3.8) is 0 Å². The first-order valence-electron chi connectivity index (χ1n) is 6.11. The number of benzene rings is 1. The van der Waals surface area contributed by atoms with Crippen molar-refractivity contribution in [2.45, 2.75) is 19.1 Å². The summed E-state index contributed by atoms with van der Waals surface area (Å²) in [6.07, 6.45) is -4.55. The Kier molecular flexibility index (Phi) is 4.32. The summed E-state index contributed by atoms with van der Waals surface area (Å²) in [6, 6.07) is 5.41. The molecule has 0 spiro atoms. The number of halogens is 3. The number of alkyl halides is 3. The molecule has 2 aromatic rings. The molecule has 0 unspecified atom stereocenters. The highest BCUT2D eigenvalue weighted by molar-refractivity contribution is 7.11. The van der Waals surface area contributed by atoms with Crippen LogP contribution in [0.1, 0.15) is 27.0 Å². The first kappa shape index (κ1) is 15.5. The summed E-state index contributed by atoms with van der Waals surface area (Å²) in [5, 5.41) is 0. The third-order valence-corrected chi connectivity index (χ3v) is 3.99. The van der Waals surface area contributed by atoms with E-state index in [1.165, 1.54) is 29.8 Å². The van der Waals surface area contributed by atoms with E-state index in [2.05, 4.69) is 4.98 Å². The highest BCUT2D eigenvalue weighted by Gasteiger charge is 2.45. The zero-order chi connectivity index (χ0) is 15.6. The van der Waals surface area contributed by atoms with Crippen molar-refractivity contribution in [3.05, 3.63) is 52.0 Å². The molecule has 2 rings (SSSR count). The van der Waals surface area contributed by atoms with Crippen molar-refractivity contribution in [1.29, 1.82) is 0 Å². The molecule has 0 aliphatic rings. The minimum absolute atomic E-state index is 0.0306. The molecule has 112 valence electrons. The SMILES string of the molecule is Cc1ncsc1C(=O)N(C)[C@@H](c1ccccc1)C(F)(F)F. The Bertz CT molecular complexity index is 625. The molecule has 7 heteroatoms. The van der Waals surface area contributed by atoms with Gasteiger partial charge in [0.25, 0.3) is 5.91 Å². The van der Waals surface area contributed by atoms with E-state index in [-0.39, 0.29) is 10.4 Å². The minimum Gasteiger partial charge on any atom is -0.325 e. The second-order valence-electron chi connectivity index (χ2n) is 4.54. The average molecular weight is 314 g/mol. The van der Waals surface area contributed by atoms with E-state index in [9.17, 15) is 18.0 Å². The van der Waals surface area contributed by atoms with E-state index < -0.39 is 18.1 Å². The number of hydrogen-bond donors (Lipinski definition) is 0. The van der Waals surface area contributed by atoms with Crippen LogP contribution in [0.4, 0.5) is 13.2 Å². The number of amides is 1. The zero-order valence-electron chi connectivity index (χ0n) is 11.4. The first-order chi connectivity index (χ1) is 9.82. The molecule has 1 aromatic heterocycles. The van der Waals surface area contributed by atoms with E-state index in [1.807, 2.05) is 0 Å². The molecule has 0 bridgehead atoms. The Morgan fingerprint density at radius 1 is 1.29 bits per heavy atom. The smallest absolute Gasteiger partial charge is 0.325 e. The molecule has 0 N–H and O–H groups in total. The maximum atomic E-state index is 13.4. The number of carbonyl (C=O) groups excluding carboxylic acids is 1. The van der Waals surface area contributed by atoms with Crippen LogP contribution < -0.4 is 0 Å². The molecular formula is C14H13F3N2OS. The van der Waals surface area contributed by atoms with E-state index >= 15 is 0 Å². The van der Waals surface area contributed by atoms with Gasteiger partial charge in [0.05, 0.1) is 11.2 Å². The summed E-state index contributed by atoms with van der Waals surface area (Å²) >= 11 is 1.04. The number of aryl methyl sites for hydroxylation is 1. The summed E-state index contributed by atoms with van der Waals surface area (Å²) in [4.78, 5) is 17.1. The lowest BCUT2D eigenvalue weighted by Crippen LogP contribution is -2.39. The maximum absolute atomic E-state index is 13.4. The van der Waals surface area contributed by atoms with Gasteiger partial charge >= 0.3 is 6.18 Å². The molecule has 1 aromatic carbocycles. The van der Waals surface area contributed by atoms with Gasteiger partial charge in [-0.25, -0.2) is 4.98 Å². The van der Waals surface area contributed by atoms with Gasteiger partial charge in [0.1, 0.15) is 4.88 Å². The molecule has 1 heterocycles. The maximum Gasteiger partial charge on any atom is 0.413 e. The number of nitrogens with zero attached hydrogens (tertiary/aromatic N) is 2. The number of thiazole rings is 1. The van der Waals surface area contributed by atoms with Gasteiger partial charge in [0.2, 0.25) is 0 Å². The highest BCUT2D eigenvalue weighted by Crippen LogP contribution is 2.37. The highest BCUT2D eigenvalue weighted by atomic mass is 32.1. The lowest BCUT2D eigenvalue weighted by atomic mass is 10.0. The van der Waals surface area contributed by atoms with Gasteiger partial charge in [-0.3, -0.25) is 4.79 Å². The largest absolute Gasteiger partial charge is 0.413 e. The lowest BCUT2D eigenvalue weighted by Gasteiger charge is -2.30. The Balaban J connectivity index is 2.38. The van der Waals surface area contributed by atoms with Gasteiger partial charge in [0, 0.05) is 7.05 Å². The quantitative estimate of drug-likeness (QED) is 0.863. The molecular weight excluding hydrogens is 301 g/mol. The van der Waals surface area contributed by atoms with Gasteiger partial charge in [-0.2, -0.15) is 13.2 Å². The van der Waals surface area contributed by atoms with Gasteiger partial charge in [-0.05, 0) is 12.5 Å². The second-order valence-corrected chi connectivity index (χ2v) is 5.39. The molecule has 21 heavy (non-hydrogen) atoms. The molecule has 0 saturated carbocycles. The summed E-state index contributed by atoms with van der Waals surface area (Å²) in [5.74, 6) is -0.679. The van der Waals surface area contributed by atoms with Crippen LogP contribution >= 0.6 is 11.3 Å². The van der Waals surface area contributed by atoms with E-state index in [1.54, 1.807) is 13.0 Å². The van der Waals surface area contributed by atoms with Crippen molar-refractivity contribution in [1.82, 2.24) is 9.88 Å². The van der Waals surface area contributed by atoms with Crippen molar-refractivity contribution < 1.29 is 18.0 Å². The van der Waals surface area contributed by atoms with Gasteiger partial charge in [-0.1, -0.05) is 30.3 Å². The van der Waals surface area contributed by atoms with Crippen LogP contribution in [-0.4, -0.2) is 29.0 Å². The van der Waals surface area contributed by atoms with Crippen molar-refractivity contribution in [2.24, 2.45) is 0 Å². The van der Waals surface area contributed by atoms with Crippen LogP contribution in [-0.2, 0) is 0 Å².